The number of aliphatic hydroxyl groups excluding tert-OH is 1. The first-order chi connectivity index (χ1) is 41.2. The number of pyridine rings is 1. The van der Waals surface area contributed by atoms with Crippen molar-refractivity contribution in [2.45, 2.75) is 116 Å². The van der Waals surface area contributed by atoms with Gasteiger partial charge in [0.05, 0.1) is 43.0 Å². The Labute approximate surface area is 489 Å². The monoisotopic (exact) mass is 1160 g/mol. The van der Waals surface area contributed by atoms with Crippen LogP contribution in [0, 0.1) is 29.2 Å². The summed E-state index contributed by atoms with van der Waals surface area (Å²) in [6, 6.07) is 21.5. The van der Waals surface area contributed by atoms with Gasteiger partial charge in [-0.2, -0.15) is 9.97 Å². The topological polar surface area (TPSA) is 202 Å². The fourth-order valence-electron chi connectivity index (χ4n) is 12.2. The third-order valence-corrected chi connectivity index (χ3v) is 16.6. The van der Waals surface area contributed by atoms with E-state index in [0.29, 0.717) is 106 Å². The third-order valence-electron chi connectivity index (χ3n) is 16.6. The summed E-state index contributed by atoms with van der Waals surface area (Å²) in [4.78, 5) is 43.6. The van der Waals surface area contributed by atoms with Crippen LogP contribution in [0.15, 0.2) is 97.3 Å². The molecule has 4 aliphatic rings. The number of aromatic hydroxyl groups is 1. The van der Waals surface area contributed by atoms with Crippen molar-refractivity contribution < 1.29 is 51.6 Å². The molecule has 3 aromatic heterocycles. The van der Waals surface area contributed by atoms with Gasteiger partial charge in [0.15, 0.2) is 5.75 Å². The number of amides is 2. The molecule has 5 atom stereocenters. The number of halogens is 4. The van der Waals surface area contributed by atoms with E-state index in [9.17, 15) is 27.9 Å². The lowest BCUT2D eigenvalue weighted by molar-refractivity contribution is -0.137. The van der Waals surface area contributed by atoms with Crippen molar-refractivity contribution in [3.05, 3.63) is 137 Å². The second-order valence-corrected chi connectivity index (χ2v) is 22.6. The van der Waals surface area contributed by atoms with Crippen LogP contribution >= 0.6 is 0 Å². The van der Waals surface area contributed by atoms with Gasteiger partial charge in [-0.3, -0.25) is 14.6 Å². The highest BCUT2D eigenvalue weighted by Gasteiger charge is 2.36. The van der Waals surface area contributed by atoms with Crippen LogP contribution in [0.25, 0.3) is 55.3 Å². The SMILES string of the molecule is CCc1c(F)ccc2cc(O)cc(-c3ncc4c(N5CC6CCC(C5)N6)nc(OC5CCOCC5)nc4c3OCc3ccc(-c4cn(C(C(=O)N5CCCC5C)C(C)C)nn4)cc3)c12.O=CNC(CO)c1ccc(-c2c(F)cc(F)cc2F)cc1. The van der Waals surface area contributed by atoms with Gasteiger partial charge in [-0.05, 0) is 96.2 Å². The molecule has 7 heterocycles. The van der Waals surface area contributed by atoms with Crippen LogP contribution in [-0.2, 0) is 27.4 Å². The molecule has 2 bridgehead atoms. The number of aromatic nitrogens is 6. The van der Waals surface area contributed by atoms with Gasteiger partial charge in [-0.25, -0.2) is 22.2 Å². The standard InChI is InChI=1S/C49H56FN9O5.C15H12F3NO2/c1-5-37-40(50)15-12-32-21-35(60)22-38(42(32)37)43-46(44-39(23-51-43)47(57-24-33-13-14-34(25-57)52-33)54-49(53-44)64-36-16-19-62-20-17-36)63-27-30-8-10-31(11-9-30)41-26-59(56-55-41)45(28(2)3)48(61)58-18-6-7-29(58)4;16-11-5-12(17)15(13(18)6-11)10-3-1-9(2-4-10)14(7-20)19-8-21/h8-12,15,21-23,26,28-29,33-34,36,45,52,60H,5-7,13-14,16-20,24-25,27H2,1-4H3;1-6,8,14,20H,7H2,(H,19,21). The number of carbonyl (C=O) groups is 2. The molecular weight excluding hydrogens is 1100 g/mol. The van der Waals surface area contributed by atoms with Gasteiger partial charge < -0.3 is 44.9 Å². The first kappa shape index (κ1) is 58.5. The number of phenolic OH excluding ortho intramolecular Hbond substituents is 1. The summed E-state index contributed by atoms with van der Waals surface area (Å²) >= 11 is 0. The molecule has 0 aliphatic carbocycles. The van der Waals surface area contributed by atoms with E-state index in [1.54, 1.807) is 29.1 Å². The molecule has 17 nitrogen and oxygen atoms in total. The molecule has 2 amide bonds. The minimum Gasteiger partial charge on any atom is -0.508 e. The van der Waals surface area contributed by atoms with Crippen LogP contribution in [0.5, 0.6) is 17.5 Å². The highest BCUT2D eigenvalue weighted by molar-refractivity contribution is 6.04. The molecule has 0 radical (unpaired) electrons. The molecule has 8 aromatic rings. The Morgan fingerprint density at radius 1 is 0.894 bits per heavy atom. The average molecular weight is 1170 g/mol. The molecule has 4 aliphatic heterocycles. The maximum Gasteiger partial charge on any atom is 0.319 e. The Kier molecular flexibility index (Phi) is 17.6. The Morgan fingerprint density at radius 3 is 2.27 bits per heavy atom. The van der Waals surface area contributed by atoms with Crippen LogP contribution in [0.3, 0.4) is 0 Å². The lowest BCUT2D eigenvalue weighted by Gasteiger charge is -2.34. The Bertz CT molecular complexity index is 3680. The fraction of sp³-hybridized carbons (Fsp3) is 0.391. The van der Waals surface area contributed by atoms with E-state index >= 15 is 4.39 Å². The third kappa shape index (κ3) is 12.5. The number of nitrogens with one attached hydrogen (secondary N) is 2. The van der Waals surface area contributed by atoms with Crippen molar-refractivity contribution in [1.82, 2.24) is 45.5 Å². The fourth-order valence-corrected chi connectivity index (χ4v) is 12.2. The zero-order valence-electron chi connectivity index (χ0n) is 47.8. The summed E-state index contributed by atoms with van der Waals surface area (Å²) in [5.41, 5.74) is 4.85. The molecule has 12 rings (SSSR count). The van der Waals surface area contributed by atoms with Crippen molar-refractivity contribution >= 4 is 39.8 Å². The highest BCUT2D eigenvalue weighted by atomic mass is 19.1. The zero-order valence-corrected chi connectivity index (χ0v) is 47.8. The van der Waals surface area contributed by atoms with Gasteiger partial charge in [-0.1, -0.05) is 80.6 Å². The van der Waals surface area contributed by atoms with Gasteiger partial charge in [0, 0.05) is 80.1 Å². The summed E-state index contributed by atoms with van der Waals surface area (Å²) < 4.78 is 76.6. The number of hydrogen-bond acceptors (Lipinski definition) is 14. The normalized spacial score (nSPS) is 18.6. The number of hydrogen-bond donors (Lipinski definition) is 4. The number of benzene rings is 5. The summed E-state index contributed by atoms with van der Waals surface area (Å²) in [5, 5.41) is 37.4. The molecule has 4 saturated heterocycles. The van der Waals surface area contributed by atoms with Crippen molar-refractivity contribution in [2.75, 3.05) is 44.4 Å². The van der Waals surface area contributed by atoms with E-state index in [2.05, 4.69) is 32.8 Å². The van der Waals surface area contributed by atoms with Gasteiger partial charge in [-0.15, -0.1) is 5.10 Å². The number of piperazine rings is 1. The smallest absolute Gasteiger partial charge is 0.319 e. The Balaban J connectivity index is 0.000000302. The molecule has 4 fully saturated rings. The largest absolute Gasteiger partial charge is 0.508 e. The number of phenols is 1. The van der Waals surface area contributed by atoms with Crippen LogP contribution in [0.1, 0.15) is 95.0 Å². The number of likely N-dealkylation sites (tertiary alicyclic amines) is 1. The second-order valence-electron chi connectivity index (χ2n) is 22.6. The van der Waals surface area contributed by atoms with E-state index in [1.165, 1.54) is 30.3 Å². The number of fused-ring (bicyclic) bond motifs is 4. The van der Waals surface area contributed by atoms with E-state index in [-0.39, 0.29) is 65.9 Å². The molecular formula is C64H68F4N10O7. The van der Waals surface area contributed by atoms with E-state index < -0.39 is 29.5 Å². The minimum atomic E-state index is -0.995. The van der Waals surface area contributed by atoms with E-state index in [1.807, 2.05) is 56.1 Å². The first-order valence-electron chi connectivity index (χ1n) is 29.1. The van der Waals surface area contributed by atoms with Crippen LogP contribution in [0.4, 0.5) is 23.4 Å². The number of anilines is 1. The van der Waals surface area contributed by atoms with Gasteiger partial charge >= 0.3 is 6.01 Å². The van der Waals surface area contributed by atoms with Crippen LogP contribution in [-0.4, -0.2) is 121 Å². The Hall–Kier alpha value is -8.27. The summed E-state index contributed by atoms with van der Waals surface area (Å²) in [6.07, 6.45) is 10.1. The van der Waals surface area contributed by atoms with Crippen molar-refractivity contribution in [2.24, 2.45) is 5.92 Å². The molecule has 5 unspecified atom stereocenters. The number of nitrogens with zero attached hydrogens (tertiary/aromatic N) is 8. The quantitative estimate of drug-likeness (QED) is 0.0495. The van der Waals surface area contributed by atoms with Crippen LogP contribution < -0.4 is 25.0 Å². The molecule has 0 saturated carbocycles. The first-order valence-corrected chi connectivity index (χ1v) is 29.1. The number of ether oxygens (including phenoxy) is 3. The molecule has 0 spiro atoms. The van der Waals surface area contributed by atoms with Crippen molar-refractivity contribution in [3.63, 3.8) is 0 Å². The molecule has 21 heteroatoms. The maximum atomic E-state index is 15.6. The van der Waals surface area contributed by atoms with E-state index in [4.69, 9.17) is 34.3 Å². The average Bonchev–Trinajstić information content (AvgIpc) is 2.41. The maximum absolute atomic E-state index is 15.6. The molecule has 4 N–H and O–H groups in total. The number of aliphatic hydroxyl groups is 1. The summed E-state index contributed by atoms with van der Waals surface area (Å²) in [5.74, 6) is -2.07. The highest BCUT2D eigenvalue weighted by Crippen LogP contribution is 2.44. The van der Waals surface area contributed by atoms with Crippen molar-refractivity contribution in [1.29, 1.82) is 0 Å². The number of rotatable bonds is 17. The van der Waals surface area contributed by atoms with E-state index in [0.717, 1.165) is 75.1 Å². The van der Waals surface area contributed by atoms with Gasteiger partial charge in [0.1, 0.15) is 70.5 Å². The lowest BCUT2D eigenvalue weighted by atomic mass is 9.94. The zero-order chi connectivity index (χ0) is 59.5. The van der Waals surface area contributed by atoms with Gasteiger partial charge in [0.25, 0.3) is 0 Å². The van der Waals surface area contributed by atoms with Gasteiger partial charge in [0.2, 0.25) is 12.3 Å². The molecule has 5 aromatic carbocycles. The summed E-state index contributed by atoms with van der Waals surface area (Å²) in [7, 11) is 0. The lowest BCUT2D eigenvalue weighted by Crippen LogP contribution is -2.51. The minimum absolute atomic E-state index is 0.0226. The predicted octanol–water partition coefficient (Wildman–Crippen LogP) is 10.3. The molecule has 85 heavy (non-hydrogen) atoms. The van der Waals surface area contributed by atoms with Crippen LogP contribution in [0.2, 0.25) is 0 Å². The Morgan fingerprint density at radius 2 is 1.61 bits per heavy atom. The molecule has 444 valence electrons. The van der Waals surface area contributed by atoms with Crippen molar-refractivity contribution in [3.8, 4) is 51.2 Å². The predicted molar refractivity (Wildman–Crippen MR) is 313 cm³/mol. The number of carbonyl (C=O) groups excluding carboxylic acids is 2. The summed E-state index contributed by atoms with van der Waals surface area (Å²) in [6.45, 7) is 11.5. The number of aryl methyl sites for hydroxylation is 1. The second kappa shape index (κ2) is 25.5.